The van der Waals surface area contributed by atoms with Crippen molar-refractivity contribution in [3.05, 3.63) is 12.2 Å². The van der Waals surface area contributed by atoms with E-state index in [1.165, 1.54) is 77.5 Å². The molecule has 0 aliphatic heterocycles. The van der Waals surface area contributed by atoms with E-state index < -0.39 is 0 Å². The maximum Gasteiger partial charge on any atom is 0.0605 e. The zero-order valence-electron chi connectivity index (χ0n) is 17.0. The Morgan fingerprint density at radius 3 is 1.54 bits per heavy atom. The van der Waals surface area contributed by atoms with Gasteiger partial charge in [-0.15, -0.1) is 0 Å². The predicted octanol–water partition coefficient (Wildman–Crippen LogP) is 5.35. The first-order chi connectivity index (χ1) is 11.7. The summed E-state index contributed by atoms with van der Waals surface area (Å²) in [4.78, 5) is 5.02. The van der Waals surface area contributed by atoms with Crippen LogP contribution in [0.4, 0.5) is 0 Å². The number of hydrogen-bond donors (Lipinski definition) is 0. The van der Waals surface area contributed by atoms with Crippen LogP contribution >= 0.6 is 0 Å². The molecule has 0 radical (unpaired) electrons. The minimum atomic E-state index is 0.892. The molecule has 0 amide bonds. The van der Waals surface area contributed by atoms with Crippen LogP contribution in [0.2, 0.25) is 0 Å². The second-order valence-corrected chi connectivity index (χ2v) is 6.87. The number of rotatable bonds is 15. The Morgan fingerprint density at radius 1 is 0.708 bits per heavy atom. The molecule has 0 aliphatic carbocycles. The second kappa shape index (κ2) is 17.1. The van der Waals surface area contributed by atoms with Crippen molar-refractivity contribution in [3.63, 3.8) is 0 Å². The molecular weight excluding hydrogens is 292 g/mol. The van der Waals surface area contributed by atoms with Crippen LogP contribution < -0.4 is 0 Å². The Balaban J connectivity index is 4.35. The first-order valence-corrected chi connectivity index (χ1v) is 10.3. The minimum absolute atomic E-state index is 0.892. The van der Waals surface area contributed by atoms with Crippen LogP contribution in [0.1, 0.15) is 79.1 Å². The van der Waals surface area contributed by atoms with Crippen molar-refractivity contribution < 1.29 is 0 Å². The first kappa shape index (κ1) is 23.2. The Morgan fingerprint density at radius 2 is 1.12 bits per heavy atom. The summed E-state index contributed by atoms with van der Waals surface area (Å²) in [5.41, 5.74) is 1.08. The summed E-state index contributed by atoms with van der Waals surface area (Å²) in [5, 5.41) is 0. The van der Waals surface area contributed by atoms with Gasteiger partial charge >= 0.3 is 0 Å². The fourth-order valence-corrected chi connectivity index (χ4v) is 2.65. The Hall–Kier alpha value is -0.780. The van der Waals surface area contributed by atoms with Crippen LogP contribution in [0.25, 0.3) is 0 Å². The number of hydrogen-bond acceptors (Lipinski definition) is 2. The highest BCUT2D eigenvalue weighted by Gasteiger charge is 2.05. The van der Waals surface area contributed by atoms with E-state index in [9.17, 15) is 0 Å². The molecule has 140 valence electrons. The molecule has 0 aromatic heterocycles. The average molecular weight is 335 g/mol. The lowest BCUT2D eigenvalue weighted by Crippen LogP contribution is -2.28. The molecule has 0 aliphatic rings. The highest BCUT2D eigenvalue weighted by atomic mass is 15.1. The average Bonchev–Trinajstić information content (AvgIpc) is 2.59. The lowest BCUT2D eigenvalue weighted by Gasteiger charge is -2.21. The summed E-state index contributed by atoms with van der Waals surface area (Å²) in [6, 6.07) is 0. The van der Waals surface area contributed by atoms with Crippen LogP contribution in [0.15, 0.2) is 12.2 Å². The van der Waals surface area contributed by atoms with Crippen LogP contribution in [0, 0.1) is 11.8 Å². The van der Waals surface area contributed by atoms with Crippen molar-refractivity contribution in [3.8, 4) is 11.8 Å². The molecule has 0 saturated carbocycles. The SMILES string of the molecule is C=C(C#CCN(CCCC)CCCC)CN(CCCC)CCCC. The van der Waals surface area contributed by atoms with E-state index in [2.05, 4.69) is 55.9 Å². The number of nitrogens with zero attached hydrogens (tertiary/aromatic N) is 2. The Bertz CT molecular complexity index is 335. The van der Waals surface area contributed by atoms with Gasteiger partial charge in [-0.1, -0.05) is 71.8 Å². The standard InChI is InChI=1S/C22H42N2/c1-6-10-16-23(17-11-7-2)20-14-15-22(5)21-24(18-12-8-3)19-13-9-4/h5-13,16-21H2,1-4H3. The largest absolute Gasteiger partial charge is 0.298 e. The fourth-order valence-electron chi connectivity index (χ4n) is 2.65. The van der Waals surface area contributed by atoms with E-state index in [-0.39, 0.29) is 0 Å². The zero-order chi connectivity index (χ0) is 18.0. The van der Waals surface area contributed by atoms with Crippen LogP contribution in [-0.2, 0) is 0 Å². The molecule has 0 bridgehead atoms. The smallest absolute Gasteiger partial charge is 0.0605 e. The van der Waals surface area contributed by atoms with Gasteiger partial charge in [0.05, 0.1) is 6.54 Å². The van der Waals surface area contributed by atoms with Crippen LogP contribution in [0.5, 0.6) is 0 Å². The summed E-state index contributed by atoms with van der Waals surface area (Å²) in [6.07, 6.45) is 10.1. The maximum atomic E-state index is 4.20. The molecule has 2 nitrogen and oxygen atoms in total. The Labute approximate surface area is 152 Å². The van der Waals surface area contributed by atoms with Gasteiger partial charge in [-0.3, -0.25) is 9.80 Å². The summed E-state index contributed by atoms with van der Waals surface area (Å²) in [6.45, 7) is 19.8. The van der Waals surface area contributed by atoms with Crippen LogP contribution in [0.3, 0.4) is 0 Å². The molecule has 0 N–H and O–H groups in total. The molecule has 0 spiro atoms. The molecular formula is C22H42N2. The molecule has 0 rings (SSSR count). The van der Waals surface area contributed by atoms with E-state index in [4.69, 9.17) is 0 Å². The van der Waals surface area contributed by atoms with Crippen LogP contribution in [-0.4, -0.2) is 49.1 Å². The summed E-state index contributed by atoms with van der Waals surface area (Å²) in [5.74, 6) is 6.69. The molecule has 24 heavy (non-hydrogen) atoms. The quantitative estimate of drug-likeness (QED) is 0.372. The third-order valence-electron chi connectivity index (χ3n) is 4.29. The lowest BCUT2D eigenvalue weighted by atomic mass is 10.2. The predicted molar refractivity (Wildman–Crippen MR) is 109 cm³/mol. The third kappa shape index (κ3) is 13.6. The number of unbranched alkanes of at least 4 members (excludes halogenated alkanes) is 4. The van der Waals surface area contributed by atoms with E-state index in [0.29, 0.717) is 0 Å². The summed E-state index contributed by atoms with van der Waals surface area (Å²) < 4.78 is 0. The van der Waals surface area contributed by atoms with Crippen molar-refractivity contribution in [2.45, 2.75) is 79.1 Å². The van der Waals surface area contributed by atoms with Crippen molar-refractivity contribution in [1.29, 1.82) is 0 Å². The van der Waals surface area contributed by atoms with E-state index >= 15 is 0 Å². The van der Waals surface area contributed by atoms with Crippen molar-refractivity contribution in [2.24, 2.45) is 0 Å². The molecule has 0 aromatic rings. The third-order valence-corrected chi connectivity index (χ3v) is 4.29. The normalized spacial score (nSPS) is 10.9. The molecule has 2 heteroatoms. The van der Waals surface area contributed by atoms with Gasteiger partial charge in [0, 0.05) is 12.1 Å². The fraction of sp³-hybridized carbons (Fsp3) is 0.818. The van der Waals surface area contributed by atoms with Crippen molar-refractivity contribution >= 4 is 0 Å². The highest BCUT2D eigenvalue weighted by Crippen LogP contribution is 2.03. The van der Waals surface area contributed by atoms with E-state index in [1.54, 1.807) is 0 Å². The van der Waals surface area contributed by atoms with Gasteiger partial charge in [-0.25, -0.2) is 0 Å². The maximum absolute atomic E-state index is 4.20. The highest BCUT2D eigenvalue weighted by molar-refractivity contribution is 5.27. The van der Waals surface area contributed by atoms with Gasteiger partial charge in [0.25, 0.3) is 0 Å². The van der Waals surface area contributed by atoms with E-state index in [1.807, 2.05) is 0 Å². The first-order valence-electron chi connectivity index (χ1n) is 10.3. The van der Waals surface area contributed by atoms with Crippen molar-refractivity contribution in [2.75, 3.05) is 39.3 Å². The summed E-state index contributed by atoms with van der Waals surface area (Å²) >= 11 is 0. The topological polar surface area (TPSA) is 6.48 Å². The van der Waals surface area contributed by atoms with Gasteiger partial charge in [-0.05, 0) is 51.9 Å². The molecule has 0 fully saturated rings. The van der Waals surface area contributed by atoms with Gasteiger partial charge in [0.1, 0.15) is 0 Å². The van der Waals surface area contributed by atoms with Gasteiger partial charge in [0.15, 0.2) is 0 Å². The van der Waals surface area contributed by atoms with E-state index in [0.717, 1.165) is 18.7 Å². The second-order valence-electron chi connectivity index (χ2n) is 6.87. The minimum Gasteiger partial charge on any atom is -0.298 e. The zero-order valence-corrected chi connectivity index (χ0v) is 17.0. The molecule has 0 atom stereocenters. The lowest BCUT2D eigenvalue weighted by molar-refractivity contribution is 0.289. The van der Waals surface area contributed by atoms with Gasteiger partial charge in [-0.2, -0.15) is 0 Å². The Kier molecular flexibility index (Phi) is 16.5. The molecule has 0 aromatic carbocycles. The molecule has 0 unspecified atom stereocenters. The van der Waals surface area contributed by atoms with Gasteiger partial charge < -0.3 is 0 Å². The molecule has 0 saturated heterocycles. The summed E-state index contributed by atoms with van der Waals surface area (Å²) in [7, 11) is 0. The monoisotopic (exact) mass is 334 g/mol. The van der Waals surface area contributed by atoms with Crippen molar-refractivity contribution in [1.82, 2.24) is 9.80 Å². The van der Waals surface area contributed by atoms with Gasteiger partial charge in [0.2, 0.25) is 0 Å². The molecule has 0 heterocycles.